The maximum atomic E-state index is 12.8. The van der Waals surface area contributed by atoms with Crippen molar-refractivity contribution < 1.29 is 17.9 Å². The number of sulfonamides is 1. The number of benzene rings is 1. The van der Waals surface area contributed by atoms with Gasteiger partial charge in [0.05, 0.1) is 17.6 Å². The van der Waals surface area contributed by atoms with Gasteiger partial charge >= 0.3 is 5.97 Å². The second kappa shape index (κ2) is 9.52. The summed E-state index contributed by atoms with van der Waals surface area (Å²) in [6.45, 7) is 6.74. The second-order valence-electron chi connectivity index (χ2n) is 6.12. The van der Waals surface area contributed by atoms with Gasteiger partial charge in [0.2, 0.25) is 10.0 Å². The first kappa shape index (κ1) is 21.9. The van der Waals surface area contributed by atoms with Gasteiger partial charge in [0.1, 0.15) is 0 Å². The molecule has 0 radical (unpaired) electrons. The van der Waals surface area contributed by atoms with Gasteiger partial charge in [0.25, 0.3) is 0 Å². The van der Waals surface area contributed by atoms with Crippen molar-refractivity contribution in [2.75, 3.05) is 33.3 Å². The van der Waals surface area contributed by atoms with Crippen molar-refractivity contribution in [3.8, 4) is 0 Å². The maximum Gasteiger partial charge on any atom is 0.338 e. The van der Waals surface area contributed by atoms with Crippen molar-refractivity contribution in [3.63, 3.8) is 0 Å². The third-order valence-corrected chi connectivity index (χ3v) is 6.39. The maximum absolute atomic E-state index is 12.8. The first-order valence-corrected chi connectivity index (χ1v) is 9.74. The highest BCUT2D eigenvalue weighted by molar-refractivity contribution is 7.89. The number of aryl methyl sites for hydroxylation is 1. The third-order valence-electron chi connectivity index (χ3n) is 4.50. The van der Waals surface area contributed by atoms with E-state index in [1.807, 2.05) is 0 Å². The first-order valence-electron chi connectivity index (χ1n) is 8.30. The molecule has 0 aliphatic carbocycles. The van der Waals surface area contributed by atoms with Crippen molar-refractivity contribution in [1.29, 1.82) is 0 Å². The normalized spacial score (nSPS) is 16.3. The fraction of sp³-hybridized carbons (Fsp3) is 0.588. The molecule has 0 spiro atoms. The van der Waals surface area contributed by atoms with Gasteiger partial charge in [-0.15, -0.1) is 12.4 Å². The Hall–Kier alpha value is -1.15. The third kappa shape index (κ3) is 5.17. The Bertz CT molecular complexity index is 686. The molecule has 0 unspecified atom stereocenters. The zero-order valence-corrected chi connectivity index (χ0v) is 16.6. The molecule has 2 rings (SSSR count). The minimum atomic E-state index is -3.52. The van der Waals surface area contributed by atoms with Crippen LogP contribution in [0.3, 0.4) is 0 Å². The number of halogens is 1. The van der Waals surface area contributed by atoms with Crippen LogP contribution in [0.5, 0.6) is 0 Å². The number of hydrogen-bond acceptors (Lipinski definition) is 5. The lowest BCUT2D eigenvalue weighted by molar-refractivity contribution is 0.0600. The Labute approximate surface area is 156 Å². The lowest BCUT2D eigenvalue weighted by Crippen LogP contribution is -2.40. The van der Waals surface area contributed by atoms with Crippen LogP contribution in [0.2, 0.25) is 0 Å². The Morgan fingerprint density at radius 2 is 1.96 bits per heavy atom. The topological polar surface area (TPSA) is 75.7 Å². The van der Waals surface area contributed by atoms with Crippen LogP contribution in [0.15, 0.2) is 23.1 Å². The van der Waals surface area contributed by atoms with Crippen molar-refractivity contribution >= 4 is 28.4 Å². The number of rotatable bonds is 6. The molecule has 1 aliphatic heterocycles. The van der Waals surface area contributed by atoms with E-state index in [1.54, 1.807) is 17.3 Å². The molecule has 1 heterocycles. The first-order chi connectivity index (χ1) is 11.4. The van der Waals surface area contributed by atoms with Gasteiger partial charge in [-0.1, -0.05) is 6.92 Å². The summed E-state index contributed by atoms with van der Waals surface area (Å²) in [7, 11) is -2.21. The van der Waals surface area contributed by atoms with Crippen LogP contribution in [-0.4, -0.2) is 52.0 Å². The van der Waals surface area contributed by atoms with Gasteiger partial charge in [-0.2, -0.15) is 4.31 Å². The molecule has 0 bridgehead atoms. The van der Waals surface area contributed by atoms with Crippen LogP contribution in [0, 0.1) is 12.8 Å². The van der Waals surface area contributed by atoms with Gasteiger partial charge in [-0.3, -0.25) is 0 Å². The van der Waals surface area contributed by atoms with Crippen LogP contribution in [0.4, 0.5) is 0 Å². The monoisotopic (exact) mass is 390 g/mol. The van der Waals surface area contributed by atoms with Crippen LogP contribution >= 0.6 is 12.4 Å². The van der Waals surface area contributed by atoms with Crippen LogP contribution in [0.1, 0.15) is 35.7 Å². The number of methoxy groups -OCH3 is 1. The predicted octanol–water partition coefficient (Wildman–Crippen LogP) is 2.21. The van der Waals surface area contributed by atoms with Gasteiger partial charge in [-0.05, 0) is 62.5 Å². The molecule has 1 fully saturated rings. The van der Waals surface area contributed by atoms with E-state index in [9.17, 15) is 13.2 Å². The summed E-state index contributed by atoms with van der Waals surface area (Å²) in [5, 5.41) is 3.32. The molecule has 6 nitrogen and oxygen atoms in total. The molecule has 1 N–H and O–H groups in total. The van der Waals surface area contributed by atoms with E-state index < -0.39 is 16.0 Å². The van der Waals surface area contributed by atoms with Gasteiger partial charge < -0.3 is 10.1 Å². The van der Waals surface area contributed by atoms with E-state index in [4.69, 9.17) is 4.74 Å². The molecule has 0 amide bonds. The Kier molecular flexibility index (Phi) is 8.34. The highest BCUT2D eigenvalue weighted by Crippen LogP contribution is 2.25. The second-order valence-corrected chi connectivity index (χ2v) is 8.06. The number of nitrogens with one attached hydrogen (secondary N) is 1. The summed E-state index contributed by atoms with van der Waals surface area (Å²) in [5.41, 5.74) is 0.991. The van der Waals surface area contributed by atoms with Gasteiger partial charge in [0, 0.05) is 13.1 Å². The van der Waals surface area contributed by atoms with E-state index in [-0.39, 0.29) is 17.3 Å². The average Bonchev–Trinajstić information content (AvgIpc) is 2.59. The molecule has 1 aliphatic rings. The highest BCUT2D eigenvalue weighted by atomic mass is 35.5. The fourth-order valence-corrected chi connectivity index (χ4v) is 4.54. The molecule has 0 atom stereocenters. The molecule has 0 aromatic heterocycles. The summed E-state index contributed by atoms with van der Waals surface area (Å²) >= 11 is 0. The van der Waals surface area contributed by atoms with Crippen molar-refractivity contribution in [1.82, 2.24) is 9.62 Å². The summed E-state index contributed by atoms with van der Waals surface area (Å²) in [4.78, 5) is 11.9. The minimum Gasteiger partial charge on any atom is -0.465 e. The number of nitrogens with zero attached hydrogens (tertiary/aromatic N) is 1. The zero-order chi connectivity index (χ0) is 17.7. The summed E-state index contributed by atoms with van der Waals surface area (Å²) in [6.07, 6.45) is 1.73. The molecule has 8 heteroatoms. The predicted molar refractivity (Wildman–Crippen MR) is 99.8 cm³/mol. The van der Waals surface area contributed by atoms with Crippen molar-refractivity contribution in [3.05, 3.63) is 29.3 Å². The zero-order valence-electron chi connectivity index (χ0n) is 14.9. The molecular weight excluding hydrogens is 364 g/mol. The Balaban J connectivity index is 0.00000312. The standard InChI is InChI=1S/C17H26N2O4S.ClH/c1-4-18-12-14-7-9-19(10-8-14)24(21,22)15-5-6-16(13(2)11-15)17(20)23-3;/h5-6,11,14,18H,4,7-10,12H2,1-3H3;1H. The van der Waals surface area contributed by atoms with E-state index in [2.05, 4.69) is 12.2 Å². The highest BCUT2D eigenvalue weighted by Gasteiger charge is 2.29. The quantitative estimate of drug-likeness (QED) is 0.753. The smallest absolute Gasteiger partial charge is 0.338 e. The average molecular weight is 391 g/mol. The van der Waals surface area contributed by atoms with Crippen LogP contribution < -0.4 is 5.32 Å². The number of piperidine rings is 1. The fourth-order valence-electron chi connectivity index (χ4n) is 2.99. The molecule has 0 saturated carbocycles. The molecule has 1 aromatic carbocycles. The molecule has 142 valence electrons. The minimum absolute atomic E-state index is 0. The van der Waals surface area contributed by atoms with E-state index in [0.29, 0.717) is 30.1 Å². The van der Waals surface area contributed by atoms with Crippen LogP contribution in [-0.2, 0) is 14.8 Å². The molecule has 1 aromatic rings. The lowest BCUT2D eigenvalue weighted by atomic mass is 9.98. The largest absolute Gasteiger partial charge is 0.465 e. The number of carbonyl (C=O) groups is 1. The van der Waals surface area contributed by atoms with E-state index >= 15 is 0 Å². The van der Waals surface area contributed by atoms with E-state index in [1.165, 1.54) is 19.2 Å². The molecule has 1 saturated heterocycles. The molecular formula is C17H27ClN2O4S. The number of ether oxygens (including phenoxy) is 1. The van der Waals surface area contributed by atoms with Gasteiger partial charge in [0.15, 0.2) is 0 Å². The lowest BCUT2D eigenvalue weighted by Gasteiger charge is -2.31. The van der Waals surface area contributed by atoms with E-state index in [0.717, 1.165) is 25.9 Å². The Morgan fingerprint density at radius 1 is 1.32 bits per heavy atom. The number of hydrogen-bond donors (Lipinski definition) is 1. The Morgan fingerprint density at radius 3 is 2.48 bits per heavy atom. The summed E-state index contributed by atoms with van der Waals surface area (Å²) in [6, 6.07) is 4.55. The van der Waals surface area contributed by atoms with Crippen molar-refractivity contribution in [2.45, 2.75) is 31.6 Å². The van der Waals surface area contributed by atoms with Gasteiger partial charge in [-0.25, -0.2) is 13.2 Å². The summed E-state index contributed by atoms with van der Waals surface area (Å²) in [5.74, 6) is 0.0699. The SMILES string of the molecule is CCNCC1CCN(S(=O)(=O)c2ccc(C(=O)OC)c(C)c2)CC1.Cl. The summed E-state index contributed by atoms with van der Waals surface area (Å²) < 4.78 is 31.9. The van der Waals surface area contributed by atoms with Crippen LogP contribution in [0.25, 0.3) is 0 Å². The number of esters is 1. The van der Waals surface area contributed by atoms with Crippen molar-refractivity contribution in [2.24, 2.45) is 5.92 Å². The molecule has 25 heavy (non-hydrogen) atoms. The number of carbonyl (C=O) groups excluding carboxylic acids is 1.